The Bertz CT molecular complexity index is 329. The molecule has 0 aromatic heterocycles. The Morgan fingerprint density at radius 2 is 1.93 bits per heavy atom. The van der Waals surface area contributed by atoms with Gasteiger partial charge in [0.2, 0.25) is 0 Å². The molecule has 1 aromatic rings. The summed E-state index contributed by atoms with van der Waals surface area (Å²) >= 11 is 0. The molecule has 0 heterocycles. The van der Waals surface area contributed by atoms with Crippen LogP contribution in [-0.2, 0) is 0 Å². The summed E-state index contributed by atoms with van der Waals surface area (Å²) in [6, 6.07) is 11.4. The van der Waals surface area contributed by atoms with Gasteiger partial charge in [-0.25, -0.2) is 0 Å². The van der Waals surface area contributed by atoms with Crippen molar-refractivity contribution in [2.24, 2.45) is 5.92 Å². The molecule has 0 bridgehead atoms. The number of nitrogens with zero attached hydrogens (tertiary/aromatic N) is 2. The van der Waals surface area contributed by atoms with Crippen molar-refractivity contribution < 1.29 is 5.11 Å². The normalized spacial score (nSPS) is 14.6. The third kappa shape index (κ3) is 3.35. The van der Waals surface area contributed by atoms with Gasteiger partial charge in [0, 0.05) is 6.54 Å². The Morgan fingerprint density at radius 1 is 1.33 bits per heavy atom. The van der Waals surface area contributed by atoms with Gasteiger partial charge >= 0.3 is 0 Å². The number of rotatable bonds is 4. The summed E-state index contributed by atoms with van der Waals surface area (Å²) in [6.07, 6.45) is -0.710. The molecule has 0 radical (unpaired) electrons. The monoisotopic (exact) mass is 204 g/mol. The molecule has 0 amide bonds. The SMILES string of the molecule is CN(C)C[C@H](C#N)[C@@H](O)c1ccccc1. The number of nitriles is 1. The van der Waals surface area contributed by atoms with E-state index in [2.05, 4.69) is 6.07 Å². The Morgan fingerprint density at radius 3 is 2.40 bits per heavy atom. The molecule has 80 valence electrons. The predicted molar refractivity (Wildman–Crippen MR) is 59.1 cm³/mol. The average molecular weight is 204 g/mol. The van der Waals surface area contributed by atoms with E-state index in [0.717, 1.165) is 5.56 Å². The van der Waals surface area contributed by atoms with Crippen molar-refractivity contribution in [3.05, 3.63) is 35.9 Å². The van der Waals surface area contributed by atoms with Crippen molar-refractivity contribution in [3.63, 3.8) is 0 Å². The van der Waals surface area contributed by atoms with E-state index in [1.807, 2.05) is 49.3 Å². The molecule has 0 aliphatic rings. The maximum Gasteiger partial charge on any atom is 0.0960 e. The number of hydrogen-bond donors (Lipinski definition) is 1. The topological polar surface area (TPSA) is 47.3 Å². The maximum absolute atomic E-state index is 9.98. The van der Waals surface area contributed by atoms with Gasteiger partial charge in [-0.05, 0) is 19.7 Å². The minimum Gasteiger partial charge on any atom is -0.387 e. The van der Waals surface area contributed by atoms with Crippen LogP contribution in [0.3, 0.4) is 0 Å². The van der Waals surface area contributed by atoms with E-state index in [4.69, 9.17) is 5.26 Å². The summed E-state index contributed by atoms with van der Waals surface area (Å²) in [6.45, 7) is 0.562. The molecular weight excluding hydrogens is 188 g/mol. The zero-order valence-corrected chi connectivity index (χ0v) is 9.09. The number of aliphatic hydroxyl groups is 1. The van der Waals surface area contributed by atoms with Crippen LogP contribution >= 0.6 is 0 Å². The number of hydrogen-bond acceptors (Lipinski definition) is 3. The highest BCUT2D eigenvalue weighted by Crippen LogP contribution is 2.21. The molecule has 0 spiro atoms. The summed E-state index contributed by atoms with van der Waals surface area (Å²) in [5, 5.41) is 18.9. The molecular formula is C12H16N2O. The van der Waals surface area contributed by atoms with Crippen LogP contribution in [0, 0.1) is 17.2 Å². The molecule has 0 aliphatic heterocycles. The first-order valence-electron chi connectivity index (χ1n) is 4.92. The lowest BCUT2D eigenvalue weighted by molar-refractivity contribution is 0.118. The van der Waals surface area contributed by atoms with Gasteiger partial charge in [0.25, 0.3) is 0 Å². The van der Waals surface area contributed by atoms with Gasteiger partial charge in [0.05, 0.1) is 18.1 Å². The highest BCUT2D eigenvalue weighted by molar-refractivity contribution is 5.19. The Hall–Kier alpha value is -1.37. The lowest BCUT2D eigenvalue weighted by Crippen LogP contribution is -2.25. The first-order valence-corrected chi connectivity index (χ1v) is 4.92. The standard InChI is InChI=1S/C12H16N2O/c1-14(2)9-11(8-13)12(15)10-6-4-3-5-7-10/h3-7,11-12,15H,9H2,1-2H3/t11-,12-/m0/s1. The molecule has 1 aromatic carbocycles. The van der Waals surface area contributed by atoms with E-state index < -0.39 is 6.10 Å². The van der Waals surface area contributed by atoms with E-state index in [1.54, 1.807) is 0 Å². The zero-order chi connectivity index (χ0) is 11.3. The molecule has 0 fully saturated rings. The summed E-state index contributed by atoms with van der Waals surface area (Å²) in [5.41, 5.74) is 0.797. The summed E-state index contributed by atoms with van der Waals surface area (Å²) < 4.78 is 0. The fraction of sp³-hybridized carbons (Fsp3) is 0.417. The first-order chi connectivity index (χ1) is 7.15. The maximum atomic E-state index is 9.98. The van der Waals surface area contributed by atoms with Gasteiger partial charge in [0.15, 0.2) is 0 Å². The van der Waals surface area contributed by atoms with Crippen LogP contribution in [-0.4, -0.2) is 30.6 Å². The lowest BCUT2D eigenvalue weighted by Gasteiger charge is -2.20. The number of benzene rings is 1. The van der Waals surface area contributed by atoms with Crippen LogP contribution in [0.25, 0.3) is 0 Å². The summed E-state index contributed by atoms with van der Waals surface area (Å²) in [5.74, 6) is -0.387. The number of aliphatic hydroxyl groups excluding tert-OH is 1. The van der Waals surface area contributed by atoms with Gasteiger partial charge < -0.3 is 10.0 Å². The van der Waals surface area contributed by atoms with E-state index >= 15 is 0 Å². The fourth-order valence-corrected chi connectivity index (χ4v) is 1.49. The molecule has 0 unspecified atom stereocenters. The predicted octanol–water partition coefficient (Wildman–Crippen LogP) is 1.42. The molecule has 1 N–H and O–H groups in total. The average Bonchev–Trinajstić information content (AvgIpc) is 2.26. The van der Waals surface area contributed by atoms with Gasteiger partial charge in [-0.3, -0.25) is 0 Å². The second-order valence-corrected chi connectivity index (χ2v) is 3.85. The second kappa shape index (κ2) is 5.50. The van der Waals surface area contributed by atoms with Crippen LogP contribution in [0.4, 0.5) is 0 Å². The van der Waals surface area contributed by atoms with Crippen LogP contribution in [0.2, 0.25) is 0 Å². The molecule has 0 saturated carbocycles. The van der Waals surface area contributed by atoms with Crippen LogP contribution in [0.5, 0.6) is 0 Å². The van der Waals surface area contributed by atoms with Crippen molar-refractivity contribution in [1.82, 2.24) is 4.90 Å². The van der Waals surface area contributed by atoms with E-state index in [1.165, 1.54) is 0 Å². The van der Waals surface area contributed by atoms with Crippen molar-refractivity contribution in [2.45, 2.75) is 6.10 Å². The van der Waals surface area contributed by atoms with E-state index in [-0.39, 0.29) is 5.92 Å². The second-order valence-electron chi connectivity index (χ2n) is 3.85. The highest BCUT2D eigenvalue weighted by Gasteiger charge is 2.20. The van der Waals surface area contributed by atoms with Crippen molar-refractivity contribution in [2.75, 3.05) is 20.6 Å². The van der Waals surface area contributed by atoms with Crippen LogP contribution < -0.4 is 0 Å². The molecule has 3 heteroatoms. The zero-order valence-electron chi connectivity index (χ0n) is 9.09. The van der Waals surface area contributed by atoms with Gasteiger partial charge in [-0.1, -0.05) is 30.3 Å². The Labute approximate surface area is 90.6 Å². The molecule has 1 rings (SSSR count). The van der Waals surface area contributed by atoms with Crippen LogP contribution in [0.15, 0.2) is 30.3 Å². The van der Waals surface area contributed by atoms with Gasteiger partial charge in [0.1, 0.15) is 0 Å². The third-order valence-electron chi connectivity index (χ3n) is 2.25. The minimum absolute atomic E-state index is 0.387. The quantitative estimate of drug-likeness (QED) is 0.807. The lowest BCUT2D eigenvalue weighted by atomic mass is 9.97. The molecule has 3 nitrogen and oxygen atoms in total. The Kier molecular flexibility index (Phi) is 4.29. The van der Waals surface area contributed by atoms with E-state index in [0.29, 0.717) is 6.54 Å². The van der Waals surface area contributed by atoms with Crippen molar-refractivity contribution in [1.29, 1.82) is 5.26 Å². The van der Waals surface area contributed by atoms with Gasteiger partial charge in [-0.2, -0.15) is 5.26 Å². The smallest absolute Gasteiger partial charge is 0.0960 e. The third-order valence-corrected chi connectivity index (χ3v) is 2.25. The fourth-order valence-electron chi connectivity index (χ4n) is 1.49. The minimum atomic E-state index is -0.710. The molecule has 0 aliphatic carbocycles. The Balaban J connectivity index is 2.74. The molecule has 15 heavy (non-hydrogen) atoms. The summed E-state index contributed by atoms with van der Waals surface area (Å²) in [7, 11) is 3.78. The van der Waals surface area contributed by atoms with Crippen LogP contribution in [0.1, 0.15) is 11.7 Å². The van der Waals surface area contributed by atoms with Gasteiger partial charge in [-0.15, -0.1) is 0 Å². The molecule has 2 atom stereocenters. The largest absolute Gasteiger partial charge is 0.387 e. The first kappa shape index (κ1) is 11.7. The van der Waals surface area contributed by atoms with E-state index in [9.17, 15) is 5.11 Å². The molecule has 0 saturated heterocycles. The van der Waals surface area contributed by atoms with Crippen molar-refractivity contribution in [3.8, 4) is 6.07 Å². The summed E-state index contributed by atoms with van der Waals surface area (Å²) in [4.78, 5) is 1.90. The highest BCUT2D eigenvalue weighted by atomic mass is 16.3. The van der Waals surface area contributed by atoms with Crippen molar-refractivity contribution >= 4 is 0 Å².